The monoisotopic (exact) mass is 273 g/mol. The van der Waals surface area contributed by atoms with Gasteiger partial charge in [0.1, 0.15) is 6.10 Å². The van der Waals surface area contributed by atoms with Crippen molar-refractivity contribution in [3.63, 3.8) is 0 Å². The molecule has 0 aromatic heterocycles. The molecule has 0 radical (unpaired) electrons. The molecule has 1 heterocycles. The SMILES string of the molecule is CCCOC1CC(=O)N(CCCCCC(=O)F)C1=O. The van der Waals surface area contributed by atoms with Gasteiger partial charge in [-0.3, -0.25) is 19.3 Å². The van der Waals surface area contributed by atoms with Crippen LogP contribution in [0.3, 0.4) is 0 Å². The zero-order valence-corrected chi connectivity index (χ0v) is 11.2. The van der Waals surface area contributed by atoms with Crippen molar-refractivity contribution in [2.45, 2.75) is 51.6 Å². The zero-order valence-electron chi connectivity index (χ0n) is 11.2. The number of nitrogens with zero attached hydrogens (tertiary/aromatic N) is 1. The quantitative estimate of drug-likeness (QED) is 0.363. The van der Waals surface area contributed by atoms with Crippen LogP contribution < -0.4 is 0 Å². The lowest BCUT2D eigenvalue weighted by Crippen LogP contribution is -2.33. The molecule has 1 rings (SSSR count). The van der Waals surface area contributed by atoms with E-state index < -0.39 is 12.1 Å². The molecule has 0 aromatic carbocycles. The Balaban J connectivity index is 2.27. The van der Waals surface area contributed by atoms with E-state index in [-0.39, 0.29) is 24.7 Å². The molecule has 108 valence electrons. The second kappa shape index (κ2) is 7.99. The average Bonchev–Trinajstić information content (AvgIpc) is 2.62. The molecule has 1 unspecified atom stereocenters. The molecule has 5 nitrogen and oxygen atoms in total. The number of amides is 2. The molecule has 1 aliphatic heterocycles. The van der Waals surface area contributed by atoms with Crippen LogP contribution in [0.15, 0.2) is 0 Å². The average molecular weight is 273 g/mol. The third-order valence-electron chi connectivity index (χ3n) is 2.98. The van der Waals surface area contributed by atoms with Crippen LogP contribution in [-0.2, 0) is 19.1 Å². The highest BCUT2D eigenvalue weighted by molar-refractivity contribution is 6.04. The Morgan fingerprint density at radius 3 is 2.74 bits per heavy atom. The van der Waals surface area contributed by atoms with Crippen molar-refractivity contribution in [1.29, 1.82) is 0 Å². The van der Waals surface area contributed by atoms with Crippen molar-refractivity contribution in [2.75, 3.05) is 13.2 Å². The number of imide groups is 1. The third kappa shape index (κ3) is 5.06. The van der Waals surface area contributed by atoms with Crippen molar-refractivity contribution in [1.82, 2.24) is 4.90 Å². The Kier molecular flexibility index (Phi) is 6.62. The van der Waals surface area contributed by atoms with E-state index in [1.54, 1.807) is 0 Å². The maximum Gasteiger partial charge on any atom is 0.301 e. The molecule has 0 aliphatic carbocycles. The molecule has 1 saturated heterocycles. The molecule has 1 fully saturated rings. The zero-order chi connectivity index (χ0) is 14.3. The van der Waals surface area contributed by atoms with Crippen LogP contribution in [0.2, 0.25) is 0 Å². The van der Waals surface area contributed by atoms with Gasteiger partial charge in [0.2, 0.25) is 5.91 Å². The van der Waals surface area contributed by atoms with Crippen molar-refractivity contribution in [2.24, 2.45) is 0 Å². The van der Waals surface area contributed by atoms with Gasteiger partial charge in [-0.1, -0.05) is 13.3 Å². The summed E-state index contributed by atoms with van der Waals surface area (Å²) in [6, 6.07) is -1.32. The van der Waals surface area contributed by atoms with Crippen LogP contribution in [0, 0.1) is 0 Å². The number of carbonyl (C=O) groups is 3. The fourth-order valence-electron chi connectivity index (χ4n) is 1.99. The van der Waals surface area contributed by atoms with Crippen LogP contribution in [0.25, 0.3) is 0 Å². The second-order valence-electron chi connectivity index (χ2n) is 4.61. The summed E-state index contributed by atoms with van der Waals surface area (Å²) in [5, 5.41) is 0. The summed E-state index contributed by atoms with van der Waals surface area (Å²) in [5.41, 5.74) is 0. The molecular weight excluding hydrogens is 253 g/mol. The van der Waals surface area contributed by atoms with Crippen LogP contribution in [-0.4, -0.2) is 42.0 Å². The number of likely N-dealkylation sites (tertiary alicyclic amines) is 1. The highest BCUT2D eigenvalue weighted by Gasteiger charge is 2.38. The topological polar surface area (TPSA) is 63.7 Å². The van der Waals surface area contributed by atoms with Gasteiger partial charge in [0.25, 0.3) is 5.91 Å². The van der Waals surface area contributed by atoms with Crippen molar-refractivity contribution < 1.29 is 23.5 Å². The first-order valence-corrected chi connectivity index (χ1v) is 6.70. The van der Waals surface area contributed by atoms with E-state index in [4.69, 9.17) is 4.74 Å². The Labute approximate surface area is 112 Å². The summed E-state index contributed by atoms with van der Waals surface area (Å²) < 4.78 is 17.3. The van der Waals surface area contributed by atoms with Gasteiger partial charge in [-0.2, -0.15) is 4.39 Å². The molecule has 19 heavy (non-hydrogen) atoms. The van der Waals surface area contributed by atoms with Gasteiger partial charge in [0, 0.05) is 19.6 Å². The number of ether oxygens (including phenoxy) is 1. The molecule has 0 spiro atoms. The highest BCUT2D eigenvalue weighted by atomic mass is 19.1. The lowest BCUT2D eigenvalue weighted by molar-refractivity contribution is -0.142. The van der Waals surface area contributed by atoms with E-state index in [1.165, 1.54) is 4.90 Å². The molecule has 0 N–H and O–H groups in total. The predicted molar refractivity (Wildman–Crippen MR) is 66.0 cm³/mol. The Hall–Kier alpha value is -1.30. The molecule has 1 atom stereocenters. The van der Waals surface area contributed by atoms with Crippen LogP contribution in [0.4, 0.5) is 4.39 Å². The van der Waals surface area contributed by atoms with Gasteiger partial charge >= 0.3 is 6.04 Å². The second-order valence-corrected chi connectivity index (χ2v) is 4.61. The Morgan fingerprint density at radius 2 is 2.11 bits per heavy atom. The van der Waals surface area contributed by atoms with E-state index in [0.29, 0.717) is 32.4 Å². The number of unbranched alkanes of at least 4 members (excludes halogenated alkanes) is 2. The maximum atomic E-state index is 11.9. The van der Waals surface area contributed by atoms with Crippen molar-refractivity contribution >= 4 is 17.9 Å². The van der Waals surface area contributed by atoms with E-state index in [9.17, 15) is 18.8 Å². The number of rotatable bonds is 9. The first-order valence-electron chi connectivity index (χ1n) is 6.70. The van der Waals surface area contributed by atoms with Crippen molar-refractivity contribution in [3.05, 3.63) is 0 Å². The minimum atomic E-state index is -1.32. The largest absolute Gasteiger partial charge is 0.368 e. The normalized spacial score (nSPS) is 19.3. The summed E-state index contributed by atoms with van der Waals surface area (Å²) >= 11 is 0. The van der Waals surface area contributed by atoms with E-state index in [0.717, 1.165) is 6.42 Å². The summed E-state index contributed by atoms with van der Waals surface area (Å²) in [6.07, 6.45) is 1.83. The smallest absolute Gasteiger partial charge is 0.301 e. The summed E-state index contributed by atoms with van der Waals surface area (Å²) in [6.45, 7) is 2.73. The van der Waals surface area contributed by atoms with Gasteiger partial charge in [0.15, 0.2) is 0 Å². The molecule has 2 amide bonds. The van der Waals surface area contributed by atoms with Gasteiger partial charge < -0.3 is 4.74 Å². The van der Waals surface area contributed by atoms with Crippen molar-refractivity contribution in [3.8, 4) is 0 Å². The van der Waals surface area contributed by atoms with Crippen LogP contribution in [0.5, 0.6) is 0 Å². The van der Waals surface area contributed by atoms with E-state index >= 15 is 0 Å². The molecule has 0 aromatic rings. The van der Waals surface area contributed by atoms with E-state index in [1.807, 2.05) is 6.92 Å². The number of hydrogen-bond donors (Lipinski definition) is 0. The fraction of sp³-hybridized carbons (Fsp3) is 0.769. The maximum absolute atomic E-state index is 11.9. The van der Waals surface area contributed by atoms with Gasteiger partial charge in [-0.25, -0.2) is 0 Å². The lowest BCUT2D eigenvalue weighted by Gasteiger charge is -2.14. The summed E-state index contributed by atoms with van der Waals surface area (Å²) in [5.74, 6) is -0.493. The highest BCUT2D eigenvalue weighted by Crippen LogP contribution is 2.17. The van der Waals surface area contributed by atoms with Gasteiger partial charge in [-0.15, -0.1) is 0 Å². The van der Waals surface area contributed by atoms with Gasteiger partial charge in [-0.05, 0) is 19.3 Å². The fourth-order valence-corrected chi connectivity index (χ4v) is 1.99. The summed E-state index contributed by atoms with van der Waals surface area (Å²) in [7, 11) is 0. The first-order chi connectivity index (χ1) is 9.06. The predicted octanol–water partition coefficient (Wildman–Crippen LogP) is 1.60. The third-order valence-corrected chi connectivity index (χ3v) is 2.98. The Bertz CT molecular complexity index is 346. The number of halogens is 1. The molecule has 6 heteroatoms. The van der Waals surface area contributed by atoms with Gasteiger partial charge in [0.05, 0.1) is 6.42 Å². The number of hydrogen-bond acceptors (Lipinski definition) is 4. The molecular formula is C13H20FNO4. The number of carbonyl (C=O) groups excluding carboxylic acids is 3. The van der Waals surface area contributed by atoms with Crippen LogP contribution >= 0.6 is 0 Å². The lowest BCUT2D eigenvalue weighted by atomic mass is 10.2. The molecule has 0 saturated carbocycles. The van der Waals surface area contributed by atoms with Crippen LogP contribution in [0.1, 0.15) is 45.4 Å². The molecule has 1 aliphatic rings. The minimum absolute atomic E-state index is 0.0931. The minimum Gasteiger partial charge on any atom is -0.368 e. The molecule has 0 bridgehead atoms. The first kappa shape index (κ1) is 15.8. The summed E-state index contributed by atoms with van der Waals surface area (Å²) in [4.78, 5) is 34.8. The standard InChI is InChI=1S/C13H20FNO4/c1-2-8-19-10-9-12(17)15(13(10)18)7-5-3-4-6-11(14)16/h10H,2-9H2,1H3. The van der Waals surface area contributed by atoms with E-state index in [2.05, 4.69) is 0 Å². The Morgan fingerprint density at radius 1 is 1.37 bits per heavy atom.